The quantitative estimate of drug-likeness (QED) is 0.419. The predicted octanol–water partition coefficient (Wildman–Crippen LogP) is -0.359. The maximum Gasteiger partial charge on any atom is 0.215 e. The normalized spacial score (nSPS) is 24.0. The van der Waals surface area contributed by atoms with Gasteiger partial charge in [-0.05, 0) is 0 Å². The van der Waals surface area contributed by atoms with Gasteiger partial charge < -0.3 is 4.74 Å². The minimum atomic E-state index is 0.528. The van der Waals surface area contributed by atoms with Crippen molar-refractivity contribution in [1.82, 2.24) is 5.32 Å². The lowest BCUT2D eigenvalue weighted by molar-refractivity contribution is 0.260. The minimum absolute atomic E-state index is 0.528. The maximum absolute atomic E-state index is 4.47. The smallest absolute Gasteiger partial charge is 0.215 e. The van der Waals surface area contributed by atoms with Crippen LogP contribution >= 0.6 is 0 Å². The Labute approximate surface area is 31.1 Å². The summed E-state index contributed by atoms with van der Waals surface area (Å²) in [4.78, 5) is 0. The molecule has 0 atom stereocenters. The first kappa shape index (κ1) is 3.12. The summed E-state index contributed by atoms with van der Waals surface area (Å²) in [7, 11) is 0. The largest absolute Gasteiger partial charge is 0.350 e. The van der Waals surface area contributed by atoms with Crippen molar-refractivity contribution in [3.05, 3.63) is 13.3 Å². The Morgan fingerprint density at radius 1 is 1.80 bits per heavy atom. The highest BCUT2D eigenvalue weighted by molar-refractivity contribution is 4.69. The van der Waals surface area contributed by atoms with Crippen LogP contribution in [0, 0.1) is 13.3 Å². The van der Waals surface area contributed by atoms with Crippen molar-refractivity contribution in [2.45, 2.75) is 0 Å². The third kappa shape index (κ3) is 0.597. The van der Waals surface area contributed by atoms with Crippen LogP contribution in [0.5, 0.6) is 0 Å². The first-order valence-corrected chi connectivity index (χ1v) is 1.35. The lowest BCUT2D eigenvalue weighted by atomic mass is 10.7. The third-order valence-electron chi connectivity index (χ3n) is 0.356. The van der Waals surface area contributed by atoms with Crippen molar-refractivity contribution in [3.8, 4) is 0 Å². The molecule has 1 fully saturated rings. The molecule has 0 spiro atoms. The molecule has 5 heavy (non-hydrogen) atoms. The molecule has 0 aliphatic carbocycles. The van der Waals surface area contributed by atoms with Gasteiger partial charge in [-0.25, -0.2) is 0 Å². The molecule has 26 valence electrons. The van der Waals surface area contributed by atoms with Gasteiger partial charge in [-0.1, -0.05) is 0 Å². The van der Waals surface area contributed by atoms with Gasteiger partial charge in [-0.2, -0.15) is 0 Å². The van der Waals surface area contributed by atoms with Gasteiger partial charge in [-0.3, -0.25) is 5.32 Å². The molecule has 1 saturated heterocycles. The van der Waals surface area contributed by atoms with E-state index >= 15 is 0 Å². The second-order valence-corrected chi connectivity index (χ2v) is 0.693. The number of rotatable bonds is 0. The summed E-state index contributed by atoms with van der Waals surface area (Å²) in [6.07, 6.45) is 0. The van der Waals surface area contributed by atoms with Crippen LogP contribution in [0.2, 0.25) is 0 Å². The number of nitrogens with one attached hydrogen (secondary N) is 1. The predicted molar refractivity (Wildman–Crippen MR) is 15.6 cm³/mol. The molecule has 1 aliphatic rings. The highest BCUT2D eigenvalue weighted by atomic mass is 16.5. The van der Waals surface area contributed by atoms with Gasteiger partial charge in [0.2, 0.25) is 6.73 Å². The van der Waals surface area contributed by atoms with Crippen LogP contribution in [0.3, 0.4) is 0 Å². The second-order valence-electron chi connectivity index (χ2n) is 0.693. The molecule has 0 aromatic carbocycles. The number of hydrogen-bond donors (Lipinski definition) is 1. The Bertz CT molecular complexity index is 18.5. The molecule has 1 N–H and O–H groups in total. The van der Waals surface area contributed by atoms with E-state index in [0.29, 0.717) is 6.61 Å². The topological polar surface area (TPSA) is 21.3 Å². The SMILES string of the molecule is [C]1CO[C]N1. The summed E-state index contributed by atoms with van der Waals surface area (Å²) in [5.41, 5.74) is 0. The van der Waals surface area contributed by atoms with E-state index in [0.717, 1.165) is 0 Å². The van der Waals surface area contributed by atoms with Gasteiger partial charge in [0.05, 0.1) is 13.2 Å². The van der Waals surface area contributed by atoms with Gasteiger partial charge in [0, 0.05) is 0 Å². The fourth-order valence-electron chi connectivity index (χ4n) is 0.180. The molecule has 4 radical (unpaired) electrons. The van der Waals surface area contributed by atoms with Crippen molar-refractivity contribution in [2.24, 2.45) is 0 Å². The fourth-order valence-corrected chi connectivity index (χ4v) is 0.180. The molecule has 2 nitrogen and oxygen atoms in total. The van der Waals surface area contributed by atoms with Crippen LogP contribution in [0.15, 0.2) is 0 Å². The van der Waals surface area contributed by atoms with E-state index in [2.05, 4.69) is 23.3 Å². The minimum Gasteiger partial charge on any atom is -0.350 e. The van der Waals surface area contributed by atoms with E-state index in [1.165, 1.54) is 0 Å². The first-order chi connectivity index (χ1) is 2.50. The van der Waals surface area contributed by atoms with Gasteiger partial charge in [0.25, 0.3) is 0 Å². The van der Waals surface area contributed by atoms with Crippen LogP contribution in [-0.4, -0.2) is 6.61 Å². The highest BCUT2D eigenvalue weighted by Crippen LogP contribution is 1.86. The number of ether oxygens (including phenoxy) is 1. The summed E-state index contributed by atoms with van der Waals surface area (Å²) in [6, 6.07) is 0. The Balaban J connectivity index is 2.08. The molecule has 0 unspecified atom stereocenters. The van der Waals surface area contributed by atoms with Crippen molar-refractivity contribution >= 4 is 0 Å². The van der Waals surface area contributed by atoms with Crippen molar-refractivity contribution in [2.75, 3.05) is 6.61 Å². The third-order valence-corrected chi connectivity index (χ3v) is 0.356. The molecule has 0 aromatic heterocycles. The fraction of sp³-hybridized carbons (Fsp3) is 0.333. The van der Waals surface area contributed by atoms with E-state index in [9.17, 15) is 0 Å². The Hall–Kier alpha value is -0.0800. The van der Waals surface area contributed by atoms with Crippen molar-refractivity contribution in [3.63, 3.8) is 0 Å². The zero-order valence-corrected chi connectivity index (χ0v) is 2.62. The first-order valence-electron chi connectivity index (χ1n) is 1.35. The zero-order chi connectivity index (χ0) is 3.54. The summed E-state index contributed by atoms with van der Waals surface area (Å²) in [6.45, 7) is 5.53. The van der Waals surface area contributed by atoms with Gasteiger partial charge in [0.15, 0.2) is 0 Å². The molecule has 1 heterocycles. The Morgan fingerprint density at radius 3 is 3.00 bits per heavy atom. The highest BCUT2D eigenvalue weighted by Gasteiger charge is 1.97. The van der Waals surface area contributed by atoms with Crippen LogP contribution in [-0.2, 0) is 4.74 Å². The molecule has 0 aromatic rings. The summed E-state index contributed by atoms with van der Waals surface area (Å²) in [5, 5.41) is 2.50. The van der Waals surface area contributed by atoms with Gasteiger partial charge in [0.1, 0.15) is 0 Å². The van der Waals surface area contributed by atoms with E-state index < -0.39 is 0 Å². The summed E-state index contributed by atoms with van der Waals surface area (Å²) < 4.78 is 4.47. The van der Waals surface area contributed by atoms with E-state index in [1.54, 1.807) is 0 Å². The molecule has 0 saturated carbocycles. The molecule has 1 rings (SSSR count). The monoisotopic (exact) mass is 69.0 g/mol. The summed E-state index contributed by atoms with van der Waals surface area (Å²) >= 11 is 0. The van der Waals surface area contributed by atoms with E-state index in [4.69, 9.17) is 0 Å². The standard InChI is InChI=1S/C3H3NO/c1-2-5-3-4-1/h4H,2H2. The van der Waals surface area contributed by atoms with Crippen molar-refractivity contribution in [1.29, 1.82) is 0 Å². The Morgan fingerprint density at radius 2 is 2.80 bits per heavy atom. The van der Waals surface area contributed by atoms with Crippen LogP contribution < -0.4 is 5.32 Å². The van der Waals surface area contributed by atoms with E-state index in [-0.39, 0.29) is 0 Å². The zero-order valence-electron chi connectivity index (χ0n) is 2.62. The molecular formula is C3H3NO. The molecule has 1 aliphatic heterocycles. The number of hydrogen-bond acceptors (Lipinski definition) is 2. The Kier molecular flexibility index (Phi) is 0.862. The average molecular weight is 69.1 g/mol. The molecular weight excluding hydrogens is 66.0 g/mol. The molecule has 0 amide bonds. The van der Waals surface area contributed by atoms with Gasteiger partial charge in [-0.15, -0.1) is 0 Å². The second kappa shape index (κ2) is 1.38. The van der Waals surface area contributed by atoms with Crippen LogP contribution in [0.25, 0.3) is 0 Å². The summed E-state index contributed by atoms with van der Waals surface area (Å²) in [5.74, 6) is 0. The lowest BCUT2D eigenvalue weighted by Gasteiger charge is -1.72. The van der Waals surface area contributed by atoms with Crippen LogP contribution in [0.1, 0.15) is 0 Å². The average Bonchev–Trinajstić information content (AvgIpc) is 1.76. The van der Waals surface area contributed by atoms with Gasteiger partial charge >= 0.3 is 0 Å². The molecule has 2 heteroatoms. The van der Waals surface area contributed by atoms with E-state index in [1.807, 2.05) is 0 Å². The van der Waals surface area contributed by atoms with Crippen molar-refractivity contribution < 1.29 is 4.74 Å². The lowest BCUT2D eigenvalue weighted by Crippen LogP contribution is -1.92. The van der Waals surface area contributed by atoms with Crippen LogP contribution in [0.4, 0.5) is 0 Å². The maximum atomic E-state index is 4.47. The molecule has 0 bridgehead atoms.